The predicted octanol–water partition coefficient (Wildman–Crippen LogP) is 1.83. The van der Waals surface area contributed by atoms with Crippen LogP contribution in [0.25, 0.3) is 0 Å². The number of aryl methyl sites for hydroxylation is 2. The minimum absolute atomic E-state index is 0.0210. The quantitative estimate of drug-likeness (QED) is 0.891. The van der Waals surface area contributed by atoms with E-state index < -0.39 is 0 Å². The average molecular weight is 260 g/mol. The minimum Gasteiger partial charge on any atom is -0.493 e. The molecule has 0 aliphatic rings. The lowest BCUT2D eigenvalue weighted by Gasteiger charge is -2.19. The Kier molecular flexibility index (Phi) is 4.16. The lowest BCUT2D eigenvalue weighted by atomic mass is 10.1. The number of nitrogens with zero attached hydrogens (tertiary/aromatic N) is 3. The van der Waals surface area contributed by atoms with Crippen molar-refractivity contribution in [2.24, 2.45) is 7.05 Å². The molecule has 102 valence electrons. The molecule has 0 aliphatic carbocycles. The fourth-order valence-corrected chi connectivity index (χ4v) is 2.18. The Balaban J connectivity index is 2.48. The van der Waals surface area contributed by atoms with Crippen molar-refractivity contribution in [3.05, 3.63) is 41.5 Å². The van der Waals surface area contributed by atoms with Crippen LogP contribution in [0.4, 0.5) is 0 Å². The van der Waals surface area contributed by atoms with Crippen molar-refractivity contribution in [3.8, 4) is 5.75 Å². The Labute approximate surface area is 113 Å². The highest BCUT2D eigenvalue weighted by Gasteiger charge is 2.22. The number of hydrogen-bond acceptors (Lipinski definition) is 4. The summed E-state index contributed by atoms with van der Waals surface area (Å²) >= 11 is 0. The Bertz CT molecular complexity index is 550. The van der Waals surface area contributed by atoms with Crippen molar-refractivity contribution in [2.75, 3.05) is 13.7 Å². The van der Waals surface area contributed by atoms with E-state index in [0.29, 0.717) is 0 Å². The third kappa shape index (κ3) is 2.76. The summed E-state index contributed by atoms with van der Waals surface area (Å²) in [6.07, 6.45) is 3.56. The molecule has 0 fully saturated rings. The lowest BCUT2D eigenvalue weighted by Crippen LogP contribution is -2.25. The molecule has 0 aromatic carbocycles. The molecule has 0 radical (unpaired) electrons. The Morgan fingerprint density at radius 1 is 1.47 bits per heavy atom. The summed E-state index contributed by atoms with van der Waals surface area (Å²) in [7, 11) is 3.57. The van der Waals surface area contributed by atoms with Crippen molar-refractivity contribution in [1.29, 1.82) is 0 Å². The van der Waals surface area contributed by atoms with Crippen LogP contribution < -0.4 is 10.1 Å². The minimum atomic E-state index is -0.0210. The van der Waals surface area contributed by atoms with Gasteiger partial charge in [0, 0.05) is 13.2 Å². The smallest absolute Gasteiger partial charge is 0.161 e. The van der Waals surface area contributed by atoms with Crippen LogP contribution in [0, 0.1) is 6.92 Å². The van der Waals surface area contributed by atoms with Gasteiger partial charge in [-0.3, -0.25) is 9.67 Å². The maximum atomic E-state index is 5.39. The summed E-state index contributed by atoms with van der Waals surface area (Å²) in [5.74, 6) is 0.775. The molecule has 0 bridgehead atoms. The second-order valence-electron chi connectivity index (χ2n) is 4.47. The lowest BCUT2D eigenvalue weighted by molar-refractivity contribution is 0.400. The van der Waals surface area contributed by atoms with Crippen LogP contribution in [0.15, 0.2) is 24.5 Å². The van der Waals surface area contributed by atoms with E-state index in [1.165, 1.54) is 5.56 Å². The molecule has 19 heavy (non-hydrogen) atoms. The number of pyridine rings is 1. The Hall–Kier alpha value is -1.88. The molecule has 1 atom stereocenters. The van der Waals surface area contributed by atoms with Gasteiger partial charge in [-0.2, -0.15) is 5.10 Å². The first-order valence-electron chi connectivity index (χ1n) is 6.39. The number of methoxy groups -OCH3 is 1. The molecule has 0 saturated heterocycles. The van der Waals surface area contributed by atoms with Gasteiger partial charge in [0.1, 0.15) is 5.69 Å². The molecule has 1 N–H and O–H groups in total. The van der Waals surface area contributed by atoms with Gasteiger partial charge >= 0.3 is 0 Å². The number of nitrogens with one attached hydrogen (secondary N) is 1. The Morgan fingerprint density at radius 3 is 2.89 bits per heavy atom. The topological polar surface area (TPSA) is 52.0 Å². The van der Waals surface area contributed by atoms with Crippen molar-refractivity contribution in [2.45, 2.75) is 19.9 Å². The highest BCUT2D eigenvalue weighted by molar-refractivity contribution is 5.34. The van der Waals surface area contributed by atoms with E-state index >= 15 is 0 Å². The molecule has 0 spiro atoms. The molecule has 1 unspecified atom stereocenters. The number of rotatable bonds is 5. The number of aromatic nitrogens is 3. The molecule has 0 aliphatic heterocycles. The second-order valence-corrected chi connectivity index (χ2v) is 4.47. The summed E-state index contributed by atoms with van der Waals surface area (Å²) in [4.78, 5) is 4.47. The zero-order chi connectivity index (χ0) is 13.8. The number of hydrogen-bond donors (Lipinski definition) is 1. The monoisotopic (exact) mass is 260 g/mol. The van der Waals surface area contributed by atoms with Gasteiger partial charge in [-0.25, -0.2) is 0 Å². The van der Waals surface area contributed by atoms with Gasteiger partial charge < -0.3 is 10.1 Å². The summed E-state index contributed by atoms with van der Waals surface area (Å²) in [5, 5.41) is 7.70. The van der Waals surface area contributed by atoms with E-state index in [1.54, 1.807) is 13.3 Å². The van der Waals surface area contributed by atoms with Crippen molar-refractivity contribution >= 4 is 0 Å². The summed E-state index contributed by atoms with van der Waals surface area (Å²) < 4.78 is 7.22. The normalized spacial score (nSPS) is 12.4. The number of ether oxygens (including phenoxy) is 1. The predicted molar refractivity (Wildman–Crippen MR) is 74.3 cm³/mol. The maximum absolute atomic E-state index is 5.39. The summed E-state index contributed by atoms with van der Waals surface area (Å²) in [6.45, 7) is 4.98. The molecule has 2 heterocycles. The molecule has 2 aromatic heterocycles. The van der Waals surface area contributed by atoms with Crippen molar-refractivity contribution in [3.63, 3.8) is 0 Å². The molecule has 0 saturated carbocycles. The van der Waals surface area contributed by atoms with Crippen LogP contribution >= 0.6 is 0 Å². The van der Waals surface area contributed by atoms with E-state index in [4.69, 9.17) is 4.74 Å². The van der Waals surface area contributed by atoms with Crippen molar-refractivity contribution in [1.82, 2.24) is 20.1 Å². The molecule has 2 aromatic rings. The van der Waals surface area contributed by atoms with Crippen LogP contribution in [0.5, 0.6) is 5.75 Å². The average Bonchev–Trinajstić information content (AvgIpc) is 2.77. The van der Waals surface area contributed by atoms with Gasteiger partial charge in [0.05, 0.1) is 25.0 Å². The van der Waals surface area contributed by atoms with Gasteiger partial charge in [0.15, 0.2) is 5.75 Å². The maximum Gasteiger partial charge on any atom is 0.161 e. The van der Waals surface area contributed by atoms with Crippen LogP contribution in [0.1, 0.15) is 29.9 Å². The molecule has 2 rings (SSSR count). The van der Waals surface area contributed by atoms with Crippen LogP contribution in [0.2, 0.25) is 0 Å². The van der Waals surface area contributed by atoms with Crippen molar-refractivity contribution < 1.29 is 4.74 Å². The first-order chi connectivity index (χ1) is 9.17. The van der Waals surface area contributed by atoms with Gasteiger partial charge in [0.25, 0.3) is 0 Å². The third-order valence-electron chi connectivity index (χ3n) is 3.08. The molecule has 0 amide bonds. The fraction of sp³-hybridized carbons (Fsp3) is 0.429. The van der Waals surface area contributed by atoms with Gasteiger partial charge in [-0.05, 0) is 31.2 Å². The van der Waals surface area contributed by atoms with E-state index in [2.05, 4.69) is 35.3 Å². The van der Waals surface area contributed by atoms with Crippen LogP contribution in [-0.4, -0.2) is 28.4 Å². The Morgan fingerprint density at radius 2 is 2.26 bits per heavy atom. The SMILES string of the molecule is CCNC(c1cc(C)ccn1)c1c(OC)cnn1C. The zero-order valence-electron chi connectivity index (χ0n) is 11.8. The first-order valence-corrected chi connectivity index (χ1v) is 6.39. The van der Waals surface area contributed by atoms with Crippen LogP contribution in [-0.2, 0) is 7.05 Å². The molecule has 5 heteroatoms. The van der Waals surface area contributed by atoms with E-state index in [0.717, 1.165) is 23.7 Å². The van der Waals surface area contributed by atoms with E-state index in [-0.39, 0.29) is 6.04 Å². The van der Waals surface area contributed by atoms with Crippen LogP contribution in [0.3, 0.4) is 0 Å². The largest absolute Gasteiger partial charge is 0.493 e. The first kappa shape index (κ1) is 13.5. The van der Waals surface area contributed by atoms with E-state index in [1.807, 2.05) is 24.0 Å². The third-order valence-corrected chi connectivity index (χ3v) is 3.08. The second kappa shape index (κ2) is 5.84. The highest BCUT2D eigenvalue weighted by atomic mass is 16.5. The standard InChI is InChI=1S/C14H20N4O/c1-5-15-13(11-8-10(2)6-7-16-11)14-12(19-4)9-17-18(14)3/h6-9,13,15H,5H2,1-4H3. The highest BCUT2D eigenvalue weighted by Crippen LogP contribution is 2.28. The zero-order valence-corrected chi connectivity index (χ0v) is 11.8. The summed E-state index contributed by atoms with van der Waals surface area (Å²) in [5.41, 5.74) is 3.15. The molecule has 5 nitrogen and oxygen atoms in total. The molecular formula is C14H20N4O. The van der Waals surface area contributed by atoms with Gasteiger partial charge in [-0.15, -0.1) is 0 Å². The molecular weight excluding hydrogens is 240 g/mol. The van der Waals surface area contributed by atoms with Gasteiger partial charge in [-0.1, -0.05) is 6.92 Å². The fourth-order valence-electron chi connectivity index (χ4n) is 2.18. The summed E-state index contributed by atoms with van der Waals surface area (Å²) in [6, 6.07) is 4.06. The van der Waals surface area contributed by atoms with Gasteiger partial charge in [0.2, 0.25) is 0 Å². The van der Waals surface area contributed by atoms with E-state index in [9.17, 15) is 0 Å².